The van der Waals surface area contributed by atoms with Crippen LogP contribution in [0, 0.1) is 6.92 Å². The van der Waals surface area contributed by atoms with Crippen molar-refractivity contribution in [2.75, 3.05) is 6.54 Å². The number of rotatable bonds is 1. The van der Waals surface area contributed by atoms with Crippen LogP contribution in [0.4, 0.5) is 0 Å². The summed E-state index contributed by atoms with van der Waals surface area (Å²) in [6.07, 6.45) is 0. The van der Waals surface area contributed by atoms with Crippen LogP contribution in [0.15, 0.2) is 18.2 Å². The van der Waals surface area contributed by atoms with Crippen molar-refractivity contribution in [3.05, 3.63) is 34.9 Å². The van der Waals surface area contributed by atoms with Crippen LogP contribution < -0.4 is 5.32 Å². The second-order valence-corrected chi connectivity index (χ2v) is 4.21. The fourth-order valence-electron chi connectivity index (χ4n) is 2.13. The lowest BCUT2D eigenvalue weighted by molar-refractivity contribution is -0.139. The summed E-state index contributed by atoms with van der Waals surface area (Å²) in [5.74, 6) is -0.412. The van der Waals surface area contributed by atoms with E-state index in [0.717, 1.165) is 23.2 Å². The van der Waals surface area contributed by atoms with E-state index in [1.54, 1.807) is 0 Å². The number of aliphatic carboxylic acids is 1. The van der Waals surface area contributed by atoms with Gasteiger partial charge in [-0.1, -0.05) is 30.7 Å². The number of hydrogen-bond donors (Lipinski definition) is 2. The molecule has 0 amide bonds. The first kappa shape index (κ1) is 10.2. The average Bonchev–Trinajstić information content (AvgIpc) is 2.17. The third kappa shape index (κ3) is 1.75. The van der Waals surface area contributed by atoms with E-state index >= 15 is 0 Å². The lowest BCUT2D eigenvalue weighted by Gasteiger charge is -2.28. The molecule has 0 saturated heterocycles. The molecule has 0 spiro atoms. The normalized spacial score (nSPS) is 24.7. The highest BCUT2D eigenvalue weighted by molar-refractivity contribution is 5.76. The molecule has 0 radical (unpaired) electrons. The molecule has 0 fully saturated rings. The zero-order valence-corrected chi connectivity index (χ0v) is 8.95. The molecular weight excluding hydrogens is 190 g/mol. The van der Waals surface area contributed by atoms with E-state index in [0.29, 0.717) is 5.92 Å². The molecule has 3 heteroatoms. The van der Waals surface area contributed by atoms with E-state index in [2.05, 4.69) is 12.2 Å². The molecule has 1 heterocycles. The summed E-state index contributed by atoms with van der Waals surface area (Å²) < 4.78 is 0. The van der Waals surface area contributed by atoms with Gasteiger partial charge in [0.05, 0.1) is 0 Å². The minimum absolute atomic E-state index is 0.385. The quantitative estimate of drug-likeness (QED) is 0.735. The van der Waals surface area contributed by atoms with Crippen LogP contribution in [-0.4, -0.2) is 17.6 Å². The van der Waals surface area contributed by atoms with Gasteiger partial charge >= 0.3 is 5.97 Å². The smallest absolute Gasteiger partial charge is 0.325 e. The molecule has 2 rings (SSSR count). The van der Waals surface area contributed by atoms with E-state index in [4.69, 9.17) is 5.11 Å². The molecule has 15 heavy (non-hydrogen) atoms. The molecular formula is C12H15NO2. The maximum atomic E-state index is 11.1. The molecule has 0 bridgehead atoms. The second kappa shape index (κ2) is 3.66. The molecule has 80 valence electrons. The summed E-state index contributed by atoms with van der Waals surface area (Å²) in [5.41, 5.74) is 3.18. The number of nitrogens with one attached hydrogen (secondary N) is 1. The Morgan fingerprint density at radius 2 is 2.20 bits per heavy atom. The minimum atomic E-state index is -0.797. The van der Waals surface area contributed by atoms with Crippen LogP contribution in [0.2, 0.25) is 0 Å². The fourth-order valence-corrected chi connectivity index (χ4v) is 2.13. The molecule has 0 aliphatic carbocycles. The highest BCUT2D eigenvalue weighted by Gasteiger charge is 2.28. The fraction of sp³-hybridized carbons (Fsp3) is 0.417. The Bertz CT molecular complexity index is 401. The molecule has 0 aromatic heterocycles. The Balaban J connectivity index is 2.51. The molecule has 2 atom stereocenters. The minimum Gasteiger partial charge on any atom is -0.480 e. The lowest BCUT2D eigenvalue weighted by Crippen LogP contribution is -2.36. The van der Waals surface area contributed by atoms with Crippen molar-refractivity contribution in [3.8, 4) is 0 Å². The van der Waals surface area contributed by atoms with Gasteiger partial charge < -0.3 is 10.4 Å². The zero-order valence-electron chi connectivity index (χ0n) is 8.95. The highest BCUT2D eigenvalue weighted by Crippen LogP contribution is 2.30. The number of carbonyl (C=O) groups is 1. The Morgan fingerprint density at radius 3 is 2.87 bits per heavy atom. The number of aryl methyl sites for hydroxylation is 1. The molecule has 1 aliphatic heterocycles. The average molecular weight is 205 g/mol. The number of benzene rings is 1. The summed E-state index contributed by atoms with van der Waals surface area (Å²) in [6.45, 7) is 4.82. The van der Waals surface area contributed by atoms with E-state index in [-0.39, 0.29) is 0 Å². The molecule has 0 saturated carbocycles. The first-order valence-electron chi connectivity index (χ1n) is 5.16. The van der Waals surface area contributed by atoms with Gasteiger partial charge in [0.2, 0.25) is 0 Å². The predicted octanol–water partition coefficient (Wildman–Crippen LogP) is 1.83. The lowest BCUT2D eigenvalue weighted by atomic mass is 9.87. The monoisotopic (exact) mass is 205 g/mol. The summed E-state index contributed by atoms with van der Waals surface area (Å²) in [7, 11) is 0. The summed E-state index contributed by atoms with van der Waals surface area (Å²) >= 11 is 0. The summed E-state index contributed by atoms with van der Waals surface area (Å²) in [4.78, 5) is 11.1. The van der Waals surface area contributed by atoms with Crippen LogP contribution in [-0.2, 0) is 4.79 Å². The summed E-state index contributed by atoms with van der Waals surface area (Å²) in [6, 6.07) is 5.51. The summed E-state index contributed by atoms with van der Waals surface area (Å²) in [5, 5.41) is 12.2. The van der Waals surface area contributed by atoms with Crippen LogP contribution in [0.1, 0.15) is 35.6 Å². The highest BCUT2D eigenvalue weighted by atomic mass is 16.4. The van der Waals surface area contributed by atoms with Crippen LogP contribution >= 0.6 is 0 Å². The number of carboxylic acids is 1. The van der Waals surface area contributed by atoms with Crippen LogP contribution in [0.3, 0.4) is 0 Å². The maximum absolute atomic E-state index is 11.1. The van der Waals surface area contributed by atoms with Crippen molar-refractivity contribution in [1.29, 1.82) is 0 Å². The van der Waals surface area contributed by atoms with Crippen molar-refractivity contribution in [3.63, 3.8) is 0 Å². The third-order valence-corrected chi connectivity index (χ3v) is 2.96. The molecule has 3 nitrogen and oxygen atoms in total. The maximum Gasteiger partial charge on any atom is 0.325 e. The van der Waals surface area contributed by atoms with Crippen molar-refractivity contribution in [1.82, 2.24) is 5.32 Å². The van der Waals surface area contributed by atoms with Gasteiger partial charge in [-0.15, -0.1) is 0 Å². The van der Waals surface area contributed by atoms with Crippen molar-refractivity contribution in [2.45, 2.75) is 25.8 Å². The van der Waals surface area contributed by atoms with Crippen molar-refractivity contribution < 1.29 is 9.90 Å². The van der Waals surface area contributed by atoms with Gasteiger partial charge in [-0.3, -0.25) is 4.79 Å². The topological polar surface area (TPSA) is 49.3 Å². The first-order chi connectivity index (χ1) is 7.09. The van der Waals surface area contributed by atoms with Gasteiger partial charge in [0.1, 0.15) is 6.04 Å². The Hall–Kier alpha value is -1.35. The molecule has 1 aromatic rings. The number of hydrogen-bond acceptors (Lipinski definition) is 2. The van der Waals surface area contributed by atoms with E-state index in [1.165, 1.54) is 0 Å². The predicted molar refractivity (Wildman–Crippen MR) is 58.0 cm³/mol. The Labute approximate surface area is 89.1 Å². The van der Waals surface area contributed by atoms with Crippen LogP contribution in [0.5, 0.6) is 0 Å². The van der Waals surface area contributed by atoms with Gasteiger partial charge in [0.25, 0.3) is 0 Å². The number of carboxylic acid groups (broad SMARTS) is 1. The van der Waals surface area contributed by atoms with E-state index in [1.807, 2.05) is 25.1 Å². The Morgan fingerprint density at radius 1 is 1.47 bits per heavy atom. The van der Waals surface area contributed by atoms with Gasteiger partial charge in [-0.05, 0) is 24.0 Å². The molecule has 0 unspecified atom stereocenters. The van der Waals surface area contributed by atoms with Gasteiger partial charge in [0.15, 0.2) is 0 Å². The largest absolute Gasteiger partial charge is 0.480 e. The standard InChI is InChI=1S/C12H15NO2/c1-7-3-4-9-8(2)6-13-11(12(14)15)10(9)5-7/h3-5,8,11,13H,6H2,1-2H3,(H,14,15)/t8-,11-/m1/s1. The van der Waals surface area contributed by atoms with Gasteiger partial charge in [-0.2, -0.15) is 0 Å². The SMILES string of the molecule is Cc1ccc2c(c1)[C@H](C(=O)O)NC[C@H]2C. The van der Waals surface area contributed by atoms with Crippen LogP contribution in [0.25, 0.3) is 0 Å². The second-order valence-electron chi connectivity index (χ2n) is 4.21. The van der Waals surface area contributed by atoms with Gasteiger partial charge in [0, 0.05) is 6.54 Å². The van der Waals surface area contributed by atoms with Crippen molar-refractivity contribution >= 4 is 5.97 Å². The Kier molecular flexibility index (Phi) is 2.49. The molecule has 2 N–H and O–H groups in total. The van der Waals surface area contributed by atoms with Crippen molar-refractivity contribution in [2.24, 2.45) is 0 Å². The van der Waals surface area contributed by atoms with E-state index < -0.39 is 12.0 Å². The van der Waals surface area contributed by atoms with Gasteiger partial charge in [-0.25, -0.2) is 0 Å². The van der Waals surface area contributed by atoms with E-state index in [9.17, 15) is 4.79 Å². The zero-order chi connectivity index (χ0) is 11.0. The first-order valence-corrected chi connectivity index (χ1v) is 5.16. The molecule has 1 aromatic carbocycles. The molecule has 1 aliphatic rings. The number of fused-ring (bicyclic) bond motifs is 1. The third-order valence-electron chi connectivity index (χ3n) is 2.96.